The molecule has 0 saturated heterocycles. The summed E-state index contributed by atoms with van der Waals surface area (Å²) in [5.74, 6) is 0. The van der Waals surface area contributed by atoms with Gasteiger partial charge < -0.3 is 0 Å². The minimum Gasteiger partial charge on any atom is -0.0772 e. The molecule has 0 aromatic rings. The van der Waals surface area contributed by atoms with Crippen LogP contribution in [-0.4, -0.2) is 0 Å². The van der Waals surface area contributed by atoms with Crippen LogP contribution in [0.1, 0.15) is 47.0 Å². The van der Waals surface area contributed by atoms with Crippen molar-refractivity contribution in [2.45, 2.75) is 47.0 Å². The van der Waals surface area contributed by atoms with Crippen LogP contribution in [0.15, 0.2) is 11.1 Å². The number of hydrogen-bond acceptors (Lipinski definition) is 0. The zero-order chi connectivity index (χ0) is 7.78. The third-order valence-electron chi connectivity index (χ3n) is 2.50. The summed E-state index contributed by atoms with van der Waals surface area (Å²) >= 11 is 0. The topological polar surface area (TPSA) is 0 Å². The van der Waals surface area contributed by atoms with E-state index in [4.69, 9.17) is 0 Å². The lowest BCUT2D eigenvalue weighted by molar-refractivity contribution is 0.389. The molecule has 0 heteroatoms. The fourth-order valence-electron chi connectivity index (χ4n) is 1.67. The molecule has 0 heterocycles. The summed E-state index contributed by atoms with van der Waals surface area (Å²) in [6, 6.07) is 0. The average Bonchev–Trinajstić information content (AvgIpc) is 2.10. The predicted molar refractivity (Wildman–Crippen MR) is 46.0 cm³/mol. The fourth-order valence-corrected chi connectivity index (χ4v) is 1.67. The van der Waals surface area contributed by atoms with Gasteiger partial charge in [-0.3, -0.25) is 0 Å². The van der Waals surface area contributed by atoms with Crippen molar-refractivity contribution in [3.05, 3.63) is 11.1 Å². The zero-order valence-electron chi connectivity index (χ0n) is 7.62. The SMILES string of the molecule is CC(C)=C1CCC(C)(C)C1. The second-order valence-electron chi connectivity index (χ2n) is 4.44. The molecular weight excluding hydrogens is 120 g/mol. The Bertz CT molecular complexity index is 157. The van der Waals surface area contributed by atoms with Gasteiger partial charge in [-0.15, -0.1) is 0 Å². The number of hydrogen-bond donors (Lipinski definition) is 0. The molecule has 0 aromatic heterocycles. The molecule has 0 bridgehead atoms. The van der Waals surface area contributed by atoms with Crippen molar-refractivity contribution in [1.82, 2.24) is 0 Å². The molecular formula is C10H18. The first-order chi connectivity index (χ1) is 4.51. The van der Waals surface area contributed by atoms with Crippen LogP contribution in [0.2, 0.25) is 0 Å². The molecule has 0 spiro atoms. The fraction of sp³-hybridized carbons (Fsp3) is 0.800. The lowest BCUT2D eigenvalue weighted by Crippen LogP contribution is -2.02. The van der Waals surface area contributed by atoms with Crippen LogP contribution in [0.3, 0.4) is 0 Å². The van der Waals surface area contributed by atoms with Crippen molar-refractivity contribution < 1.29 is 0 Å². The Morgan fingerprint density at radius 2 is 1.90 bits per heavy atom. The third kappa shape index (κ3) is 1.62. The molecule has 0 atom stereocenters. The van der Waals surface area contributed by atoms with E-state index in [1.54, 1.807) is 11.1 Å². The van der Waals surface area contributed by atoms with Gasteiger partial charge in [0.2, 0.25) is 0 Å². The summed E-state index contributed by atoms with van der Waals surface area (Å²) in [6.45, 7) is 9.19. The van der Waals surface area contributed by atoms with Gasteiger partial charge in [0, 0.05) is 0 Å². The summed E-state index contributed by atoms with van der Waals surface area (Å²) in [5, 5.41) is 0. The molecule has 0 N–H and O–H groups in total. The van der Waals surface area contributed by atoms with Gasteiger partial charge in [-0.1, -0.05) is 25.0 Å². The molecule has 0 amide bonds. The van der Waals surface area contributed by atoms with E-state index in [9.17, 15) is 0 Å². The van der Waals surface area contributed by atoms with Crippen molar-refractivity contribution in [1.29, 1.82) is 0 Å². The van der Waals surface area contributed by atoms with E-state index >= 15 is 0 Å². The highest BCUT2D eigenvalue weighted by molar-refractivity contribution is 5.16. The first kappa shape index (κ1) is 7.84. The summed E-state index contributed by atoms with van der Waals surface area (Å²) in [7, 11) is 0. The van der Waals surface area contributed by atoms with Crippen LogP contribution in [0.4, 0.5) is 0 Å². The van der Waals surface area contributed by atoms with Gasteiger partial charge in [-0.2, -0.15) is 0 Å². The molecule has 1 rings (SSSR count). The predicted octanol–water partition coefficient (Wildman–Crippen LogP) is 3.53. The van der Waals surface area contributed by atoms with Crippen LogP contribution in [0, 0.1) is 5.41 Å². The van der Waals surface area contributed by atoms with Gasteiger partial charge in [0.1, 0.15) is 0 Å². The van der Waals surface area contributed by atoms with E-state index in [0.717, 1.165) is 0 Å². The van der Waals surface area contributed by atoms with Gasteiger partial charge in [0.05, 0.1) is 0 Å². The third-order valence-corrected chi connectivity index (χ3v) is 2.50. The van der Waals surface area contributed by atoms with Gasteiger partial charge >= 0.3 is 0 Å². The van der Waals surface area contributed by atoms with Gasteiger partial charge in [-0.25, -0.2) is 0 Å². The molecule has 1 saturated carbocycles. The zero-order valence-corrected chi connectivity index (χ0v) is 7.62. The number of rotatable bonds is 0. The highest BCUT2D eigenvalue weighted by atomic mass is 14.3. The minimum atomic E-state index is 0.590. The van der Waals surface area contributed by atoms with E-state index in [1.807, 2.05) is 0 Å². The van der Waals surface area contributed by atoms with E-state index < -0.39 is 0 Å². The second-order valence-corrected chi connectivity index (χ2v) is 4.44. The van der Waals surface area contributed by atoms with Crippen molar-refractivity contribution in [2.75, 3.05) is 0 Å². The molecule has 0 radical (unpaired) electrons. The maximum absolute atomic E-state index is 2.36. The maximum atomic E-state index is 2.36. The van der Waals surface area contributed by atoms with Crippen molar-refractivity contribution >= 4 is 0 Å². The smallest absolute Gasteiger partial charge is 0.0266 e. The highest BCUT2D eigenvalue weighted by Gasteiger charge is 2.26. The second kappa shape index (κ2) is 2.41. The Kier molecular flexibility index (Phi) is 1.89. The van der Waals surface area contributed by atoms with Crippen LogP contribution in [0.25, 0.3) is 0 Å². The Labute approximate surface area is 64.3 Å². The van der Waals surface area contributed by atoms with E-state index in [1.165, 1.54) is 19.3 Å². The Hall–Kier alpha value is -0.260. The first-order valence-electron chi connectivity index (χ1n) is 4.16. The largest absolute Gasteiger partial charge is 0.0772 e. The molecule has 0 nitrogen and oxygen atoms in total. The van der Waals surface area contributed by atoms with Crippen molar-refractivity contribution in [3.8, 4) is 0 Å². The van der Waals surface area contributed by atoms with Crippen LogP contribution in [0.5, 0.6) is 0 Å². The molecule has 1 aliphatic rings. The first-order valence-corrected chi connectivity index (χ1v) is 4.16. The summed E-state index contributed by atoms with van der Waals surface area (Å²) in [6.07, 6.45) is 4.05. The maximum Gasteiger partial charge on any atom is -0.0266 e. The summed E-state index contributed by atoms with van der Waals surface area (Å²) < 4.78 is 0. The molecule has 10 heavy (non-hydrogen) atoms. The van der Waals surface area contributed by atoms with Gasteiger partial charge in [0.25, 0.3) is 0 Å². The lowest BCUT2D eigenvalue weighted by Gasteiger charge is -2.14. The van der Waals surface area contributed by atoms with E-state index in [0.29, 0.717) is 5.41 Å². The van der Waals surface area contributed by atoms with Crippen LogP contribution < -0.4 is 0 Å². The normalized spacial score (nSPS) is 23.4. The van der Waals surface area contributed by atoms with E-state index in [-0.39, 0.29) is 0 Å². The quantitative estimate of drug-likeness (QED) is 0.449. The molecule has 0 aromatic carbocycles. The molecule has 1 aliphatic carbocycles. The molecule has 0 aliphatic heterocycles. The summed E-state index contributed by atoms with van der Waals surface area (Å²) in [4.78, 5) is 0. The lowest BCUT2D eigenvalue weighted by atomic mass is 9.91. The summed E-state index contributed by atoms with van der Waals surface area (Å²) in [5.41, 5.74) is 3.84. The van der Waals surface area contributed by atoms with Crippen molar-refractivity contribution in [2.24, 2.45) is 5.41 Å². The van der Waals surface area contributed by atoms with E-state index in [2.05, 4.69) is 27.7 Å². The van der Waals surface area contributed by atoms with Crippen LogP contribution in [-0.2, 0) is 0 Å². The number of allylic oxidation sites excluding steroid dienone is 2. The minimum absolute atomic E-state index is 0.590. The monoisotopic (exact) mass is 138 g/mol. The van der Waals surface area contributed by atoms with Gasteiger partial charge in [-0.05, 0) is 38.5 Å². The highest BCUT2D eigenvalue weighted by Crippen LogP contribution is 2.41. The standard InChI is InChI=1S/C10H18/c1-8(2)9-5-6-10(3,4)7-9/h5-7H2,1-4H3. The van der Waals surface area contributed by atoms with Gasteiger partial charge in [0.15, 0.2) is 0 Å². The Balaban J connectivity index is 2.69. The Morgan fingerprint density at radius 3 is 2.10 bits per heavy atom. The average molecular weight is 138 g/mol. The molecule has 1 fully saturated rings. The molecule has 0 unspecified atom stereocenters. The van der Waals surface area contributed by atoms with Crippen LogP contribution >= 0.6 is 0 Å². The Morgan fingerprint density at radius 1 is 1.30 bits per heavy atom. The van der Waals surface area contributed by atoms with Crippen molar-refractivity contribution in [3.63, 3.8) is 0 Å². The molecule has 58 valence electrons.